The summed E-state index contributed by atoms with van der Waals surface area (Å²) in [4.78, 5) is 29.1. The van der Waals surface area contributed by atoms with Crippen LogP contribution in [0, 0.1) is 0 Å². The second kappa shape index (κ2) is 7.12. The van der Waals surface area contributed by atoms with Crippen LogP contribution in [0.3, 0.4) is 0 Å². The van der Waals surface area contributed by atoms with Gasteiger partial charge >= 0.3 is 0 Å². The van der Waals surface area contributed by atoms with E-state index in [1.54, 1.807) is 18.2 Å². The molecule has 1 aromatic carbocycles. The summed E-state index contributed by atoms with van der Waals surface area (Å²) in [6.45, 7) is 0.890. The van der Waals surface area contributed by atoms with E-state index in [-0.39, 0.29) is 11.5 Å². The molecule has 0 bridgehead atoms. The van der Waals surface area contributed by atoms with Gasteiger partial charge in [0.15, 0.2) is 0 Å². The van der Waals surface area contributed by atoms with Gasteiger partial charge in [0.1, 0.15) is 0 Å². The lowest BCUT2D eigenvalue weighted by atomic mass is 10.1. The Morgan fingerprint density at radius 3 is 2.95 bits per heavy atom. The Labute approximate surface area is 120 Å². The van der Waals surface area contributed by atoms with Crippen LogP contribution in [-0.2, 0) is 0 Å². The number of H-pyrrole nitrogens is 1. The molecule has 21 heavy (non-hydrogen) atoms. The predicted molar refractivity (Wildman–Crippen MR) is 80.1 cm³/mol. The van der Waals surface area contributed by atoms with E-state index < -0.39 is 0 Å². The maximum Gasteiger partial charge on any atom is 0.252 e. The summed E-state index contributed by atoms with van der Waals surface area (Å²) in [6, 6.07) is 8.47. The Kier molecular flexibility index (Phi) is 4.95. The van der Waals surface area contributed by atoms with Crippen molar-refractivity contribution in [2.75, 3.05) is 13.1 Å². The van der Waals surface area contributed by atoms with Crippen molar-refractivity contribution in [3.05, 3.63) is 56.7 Å². The summed E-state index contributed by atoms with van der Waals surface area (Å²) in [5, 5.41) is 6.90. The lowest BCUT2D eigenvalue weighted by Gasteiger charge is -2.07. The number of benzene rings is 1. The third-order valence-corrected chi connectivity index (χ3v) is 3.03. The van der Waals surface area contributed by atoms with E-state index in [0.29, 0.717) is 42.4 Å². The molecule has 7 heteroatoms. The molecule has 0 atom stereocenters. The number of rotatable bonds is 6. The quantitative estimate of drug-likeness (QED) is 0.367. The predicted octanol–water partition coefficient (Wildman–Crippen LogP) is 2.35. The highest BCUT2D eigenvalue weighted by Gasteiger charge is 2.10. The molecule has 0 fully saturated rings. The Bertz CT molecular complexity index is 746. The second-order valence-corrected chi connectivity index (χ2v) is 4.51. The molecule has 2 aromatic rings. The van der Waals surface area contributed by atoms with Gasteiger partial charge in [-0.2, -0.15) is 0 Å². The largest absolute Gasteiger partial charge is 0.352 e. The molecule has 1 aromatic heterocycles. The van der Waals surface area contributed by atoms with Crippen LogP contribution in [-0.4, -0.2) is 24.0 Å². The molecule has 2 N–H and O–H groups in total. The van der Waals surface area contributed by atoms with E-state index in [1.807, 2.05) is 6.07 Å². The zero-order chi connectivity index (χ0) is 15.1. The van der Waals surface area contributed by atoms with Gasteiger partial charge in [-0.05, 0) is 24.4 Å². The Balaban J connectivity index is 2.05. The summed E-state index contributed by atoms with van der Waals surface area (Å²) < 4.78 is 0. The number of aromatic amines is 1. The number of carbonyl (C=O) groups excluding carboxylic acids is 1. The van der Waals surface area contributed by atoms with E-state index in [1.165, 1.54) is 6.07 Å². The number of fused-ring (bicyclic) bond motifs is 1. The van der Waals surface area contributed by atoms with Crippen LogP contribution < -0.4 is 10.9 Å². The molecule has 0 aliphatic heterocycles. The van der Waals surface area contributed by atoms with Gasteiger partial charge in [0.2, 0.25) is 5.56 Å². The summed E-state index contributed by atoms with van der Waals surface area (Å²) in [5.74, 6) is -0.277. The van der Waals surface area contributed by atoms with Crippen molar-refractivity contribution in [1.29, 1.82) is 0 Å². The van der Waals surface area contributed by atoms with E-state index in [9.17, 15) is 9.59 Å². The van der Waals surface area contributed by atoms with Crippen molar-refractivity contribution >= 4 is 16.8 Å². The number of para-hydroxylation sites is 1. The first kappa shape index (κ1) is 14.6. The second-order valence-electron chi connectivity index (χ2n) is 4.51. The van der Waals surface area contributed by atoms with Crippen LogP contribution in [0.25, 0.3) is 21.3 Å². The smallest absolute Gasteiger partial charge is 0.252 e. The van der Waals surface area contributed by atoms with Gasteiger partial charge in [0.05, 0.1) is 5.56 Å². The first-order valence-electron chi connectivity index (χ1n) is 6.63. The molecule has 0 aliphatic rings. The molecule has 7 nitrogen and oxygen atoms in total. The van der Waals surface area contributed by atoms with Gasteiger partial charge in [-0.25, -0.2) is 0 Å². The van der Waals surface area contributed by atoms with E-state index in [4.69, 9.17) is 5.53 Å². The van der Waals surface area contributed by atoms with Crippen molar-refractivity contribution in [1.82, 2.24) is 10.3 Å². The van der Waals surface area contributed by atoms with Gasteiger partial charge in [-0.1, -0.05) is 23.3 Å². The van der Waals surface area contributed by atoms with Gasteiger partial charge in [-0.3, -0.25) is 9.59 Å². The molecule has 0 aliphatic carbocycles. The fraction of sp³-hybridized carbons (Fsp3) is 0.286. The molecule has 108 valence electrons. The molecular weight excluding hydrogens is 270 g/mol. The minimum absolute atomic E-state index is 0.277. The fourth-order valence-electron chi connectivity index (χ4n) is 2.04. The molecule has 1 heterocycles. The summed E-state index contributed by atoms with van der Waals surface area (Å²) in [5.41, 5.74) is 8.84. The number of hydrogen-bond acceptors (Lipinski definition) is 3. The number of nitrogens with zero attached hydrogens (tertiary/aromatic N) is 3. The van der Waals surface area contributed by atoms with Crippen molar-refractivity contribution in [2.45, 2.75) is 12.8 Å². The first-order valence-corrected chi connectivity index (χ1v) is 6.63. The van der Waals surface area contributed by atoms with Crippen LogP contribution in [0.1, 0.15) is 23.2 Å². The molecule has 0 saturated carbocycles. The van der Waals surface area contributed by atoms with Crippen molar-refractivity contribution in [3.8, 4) is 0 Å². The number of azide groups is 1. The molecule has 0 unspecified atom stereocenters. The third kappa shape index (κ3) is 3.84. The van der Waals surface area contributed by atoms with Crippen LogP contribution in [0.15, 0.2) is 40.2 Å². The topological polar surface area (TPSA) is 111 Å². The van der Waals surface area contributed by atoms with Crippen LogP contribution in [0.4, 0.5) is 0 Å². The number of hydrogen-bond donors (Lipinski definition) is 2. The van der Waals surface area contributed by atoms with Gasteiger partial charge in [-0.15, -0.1) is 0 Å². The normalized spacial score (nSPS) is 10.1. The Morgan fingerprint density at radius 2 is 2.14 bits per heavy atom. The zero-order valence-electron chi connectivity index (χ0n) is 11.4. The van der Waals surface area contributed by atoms with Gasteiger partial charge in [0.25, 0.3) is 5.91 Å². The molecular formula is C14H15N5O2. The number of amides is 1. The molecule has 0 radical (unpaired) electrons. The van der Waals surface area contributed by atoms with Crippen molar-refractivity contribution in [3.63, 3.8) is 0 Å². The number of aromatic nitrogens is 1. The SMILES string of the molecule is [N-]=[N+]=NCCCCNC(=O)c1cc(=O)[nH]c2ccccc12. The van der Waals surface area contributed by atoms with Crippen molar-refractivity contribution < 1.29 is 4.79 Å². The standard InChI is InChI=1S/C14H15N5O2/c15-19-17-8-4-3-7-16-14(21)11-9-13(20)18-12-6-2-1-5-10(11)12/h1-2,5-6,9H,3-4,7-8H2,(H,16,21)(H,18,20). The van der Waals surface area contributed by atoms with Crippen LogP contribution in [0.5, 0.6) is 0 Å². The molecule has 2 rings (SSSR count). The average molecular weight is 285 g/mol. The van der Waals surface area contributed by atoms with Gasteiger partial charge in [0, 0.05) is 35.0 Å². The highest BCUT2D eigenvalue weighted by atomic mass is 16.2. The molecule has 1 amide bonds. The summed E-state index contributed by atoms with van der Waals surface area (Å²) >= 11 is 0. The minimum atomic E-state index is -0.304. The van der Waals surface area contributed by atoms with E-state index >= 15 is 0 Å². The van der Waals surface area contributed by atoms with Gasteiger partial charge < -0.3 is 10.3 Å². The van der Waals surface area contributed by atoms with E-state index in [2.05, 4.69) is 20.3 Å². The first-order chi connectivity index (χ1) is 10.2. The summed E-state index contributed by atoms with van der Waals surface area (Å²) in [6.07, 6.45) is 1.42. The highest BCUT2D eigenvalue weighted by Crippen LogP contribution is 2.14. The monoisotopic (exact) mass is 285 g/mol. The zero-order valence-corrected chi connectivity index (χ0v) is 11.4. The lowest BCUT2D eigenvalue weighted by molar-refractivity contribution is 0.0954. The van der Waals surface area contributed by atoms with E-state index in [0.717, 1.165) is 0 Å². The fourth-order valence-corrected chi connectivity index (χ4v) is 2.04. The number of carbonyl (C=O) groups is 1. The van der Waals surface area contributed by atoms with Crippen molar-refractivity contribution in [2.24, 2.45) is 5.11 Å². The number of pyridine rings is 1. The van der Waals surface area contributed by atoms with Crippen LogP contribution >= 0.6 is 0 Å². The average Bonchev–Trinajstić information content (AvgIpc) is 2.49. The number of unbranched alkanes of at least 4 members (excludes halogenated alkanes) is 1. The summed E-state index contributed by atoms with van der Waals surface area (Å²) in [7, 11) is 0. The molecule has 0 spiro atoms. The third-order valence-electron chi connectivity index (χ3n) is 3.03. The minimum Gasteiger partial charge on any atom is -0.352 e. The Hall–Kier alpha value is -2.79. The van der Waals surface area contributed by atoms with Crippen LogP contribution in [0.2, 0.25) is 0 Å². The molecule has 0 saturated heterocycles. The Morgan fingerprint density at radius 1 is 1.33 bits per heavy atom. The highest BCUT2D eigenvalue weighted by molar-refractivity contribution is 6.05. The lowest BCUT2D eigenvalue weighted by Crippen LogP contribution is -2.26. The maximum absolute atomic E-state index is 12.2. The maximum atomic E-state index is 12.2. The number of nitrogens with one attached hydrogen (secondary N) is 2.